The number of rotatable bonds is 17. The Morgan fingerprint density at radius 1 is 0.730 bits per heavy atom. The molecule has 2 aromatic rings. The van der Waals surface area contributed by atoms with Crippen LogP contribution in [0.25, 0.3) is 10.8 Å². The van der Waals surface area contributed by atoms with Gasteiger partial charge < -0.3 is 10.5 Å². The number of carbonyl (C=O) groups is 1. The van der Waals surface area contributed by atoms with Crippen LogP contribution < -0.4 is 10.5 Å². The molecular formula is C26H39NO8S2. The summed E-state index contributed by atoms with van der Waals surface area (Å²) in [5, 5.41) is -0.183. The van der Waals surface area contributed by atoms with Gasteiger partial charge in [0.2, 0.25) is 0 Å². The number of carbonyl (C=O) groups excluding carboxylic acids is 1. The lowest BCUT2D eigenvalue weighted by Crippen LogP contribution is -2.16. The van der Waals surface area contributed by atoms with Crippen LogP contribution in [0.1, 0.15) is 96.8 Å². The van der Waals surface area contributed by atoms with Crippen molar-refractivity contribution in [3.05, 3.63) is 24.3 Å². The van der Waals surface area contributed by atoms with Crippen LogP contribution in [0.3, 0.4) is 0 Å². The Balaban J connectivity index is 1.94. The van der Waals surface area contributed by atoms with E-state index in [9.17, 15) is 30.7 Å². The summed E-state index contributed by atoms with van der Waals surface area (Å²) in [6, 6.07) is 5.53. The van der Waals surface area contributed by atoms with Gasteiger partial charge in [-0.2, -0.15) is 16.8 Å². The number of fused-ring (bicyclic) bond motifs is 1. The molecular weight excluding hydrogens is 518 g/mol. The summed E-state index contributed by atoms with van der Waals surface area (Å²) in [4.78, 5) is 10.1. The number of esters is 1. The first-order chi connectivity index (χ1) is 17.5. The van der Waals surface area contributed by atoms with Crippen LogP contribution in [0.5, 0.6) is 5.75 Å². The Kier molecular flexibility index (Phi) is 12.3. The fourth-order valence-corrected chi connectivity index (χ4v) is 6.57. The Hall–Kier alpha value is -2.21. The molecule has 0 atom stereocenters. The first-order valence-corrected chi connectivity index (χ1v) is 15.9. The topological polar surface area (TPSA) is 161 Å². The van der Waals surface area contributed by atoms with E-state index < -0.39 is 41.7 Å². The molecule has 0 spiro atoms. The minimum absolute atomic E-state index is 0.0455. The van der Waals surface area contributed by atoms with E-state index >= 15 is 0 Å². The molecule has 0 aliphatic heterocycles. The average molecular weight is 558 g/mol. The van der Waals surface area contributed by atoms with Gasteiger partial charge in [-0.25, -0.2) is 0 Å². The lowest BCUT2D eigenvalue weighted by molar-refractivity contribution is -0.134. The van der Waals surface area contributed by atoms with Gasteiger partial charge in [0.05, 0.1) is 5.69 Å². The van der Waals surface area contributed by atoms with E-state index in [1.165, 1.54) is 75.6 Å². The molecule has 2 rings (SSSR count). The van der Waals surface area contributed by atoms with Gasteiger partial charge in [0.25, 0.3) is 20.2 Å². The Morgan fingerprint density at radius 3 is 1.62 bits per heavy atom. The summed E-state index contributed by atoms with van der Waals surface area (Å²) in [5.74, 6) is -1.63. The standard InChI is InChI=1S/C26H39NO8S2/c1-2-3-4-5-6-7-8-9-10-11-12-13-14-19-22(28)35-24-23(27)20-17-15-16-18-21(20)25(36(29,30)31)26(24)37(32,33)34/h15-18H,2-14,19,27H2,1H3,(H,29,30,31)(H,32,33,34). The highest BCUT2D eigenvalue weighted by atomic mass is 32.2. The van der Waals surface area contributed by atoms with E-state index in [4.69, 9.17) is 10.5 Å². The fraction of sp³-hybridized carbons (Fsp3) is 0.577. The van der Waals surface area contributed by atoms with Crippen molar-refractivity contribution in [2.75, 3.05) is 5.73 Å². The van der Waals surface area contributed by atoms with Crippen molar-refractivity contribution in [2.45, 2.75) is 107 Å². The number of unbranched alkanes of at least 4 members (excludes halogenated alkanes) is 12. The summed E-state index contributed by atoms with van der Waals surface area (Å²) in [6.45, 7) is 2.21. The SMILES string of the molecule is CCCCCCCCCCCCCCCC(=O)Oc1c(S(=O)(=O)O)c(S(=O)(=O)O)c2ccccc2c1N. The lowest BCUT2D eigenvalue weighted by atomic mass is 10.0. The molecule has 0 aromatic heterocycles. The second-order valence-corrected chi connectivity index (χ2v) is 12.1. The van der Waals surface area contributed by atoms with Gasteiger partial charge in [-0.05, 0) is 6.42 Å². The van der Waals surface area contributed by atoms with E-state index in [0.29, 0.717) is 6.42 Å². The van der Waals surface area contributed by atoms with E-state index in [1.807, 2.05) is 0 Å². The third-order valence-corrected chi connectivity index (χ3v) is 8.31. The highest BCUT2D eigenvalue weighted by Gasteiger charge is 2.34. The van der Waals surface area contributed by atoms with Crippen LogP contribution >= 0.6 is 0 Å². The molecule has 0 aliphatic carbocycles. The quantitative estimate of drug-likeness (QED) is 0.0666. The smallest absolute Gasteiger partial charge is 0.311 e. The number of nitrogen functional groups attached to an aromatic ring is 1. The van der Waals surface area contributed by atoms with Crippen LogP contribution in [0.15, 0.2) is 34.1 Å². The second-order valence-electron chi connectivity index (χ2n) is 9.36. The molecule has 37 heavy (non-hydrogen) atoms. The Bertz CT molecular complexity index is 1260. The molecule has 0 heterocycles. The summed E-state index contributed by atoms with van der Waals surface area (Å²) >= 11 is 0. The summed E-state index contributed by atoms with van der Waals surface area (Å²) < 4.78 is 73.0. The number of hydrogen-bond donors (Lipinski definition) is 3. The monoisotopic (exact) mass is 557 g/mol. The lowest BCUT2D eigenvalue weighted by Gasteiger charge is -2.17. The van der Waals surface area contributed by atoms with Crippen molar-refractivity contribution in [1.82, 2.24) is 0 Å². The molecule has 0 bridgehead atoms. The summed E-state index contributed by atoms with van der Waals surface area (Å²) in [5.41, 5.74) is 5.68. The minimum atomic E-state index is -5.25. The largest absolute Gasteiger partial charge is 0.423 e. The molecule has 0 fully saturated rings. The van der Waals surface area contributed by atoms with Crippen molar-refractivity contribution in [3.63, 3.8) is 0 Å². The highest BCUT2D eigenvalue weighted by molar-refractivity contribution is 7.89. The number of nitrogens with two attached hydrogens (primary N) is 1. The number of ether oxygens (including phenoxy) is 1. The van der Waals surface area contributed by atoms with Gasteiger partial charge in [-0.3, -0.25) is 13.9 Å². The fourth-order valence-electron chi connectivity index (χ4n) is 4.43. The molecule has 0 saturated carbocycles. The van der Waals surface area contributed by atoms with E-state index in [-0.39, 0.29) is 22.9 Å². The van der Waals surface area contributed by atoms with E-state index in [1.54, 1.807) is 0 Å². The zero-order valence-electron chi connectivity index (χ0n) is 21.4. The molecule has 0 radical (unpaired) electrons. The molecule has 0 amide bonds. The van der Waals surface area contributed by atoms with Gasteiger partial charge in [-0.15, -0.1) is 0 Å². The van der Waals surface area contributed by atoms with Crippen LogP contribution in [-0.2, 0) is 25.0 Å². The first kappa shape index (κ1) is 31.0. The third kappa shape index (κ3) is 9.55. The number of anilines is 1. The number of benzene rings is 2. The van der Waals surface area contributed by atoms with Crippen molar-refractivity contribution in [2.24, 2.45) is 0 Å². The average Bonchev–Trinajstić information content (AvgIpc) is 2.82. The maximum atomic E-state index is 12.5. The molecule has 2 aromatic carbocycles. The number of hydrogen-bond acceptors (Lipinski definition) is 7. The molecule has 11 heteroatoms. The second kappa shape index (κ2) is 14.7. The zero-order valence-corrected chi connectivity index (χ0v) is 23.1. The van der Waals surface area contributed by atoms with E-state index in [0.717, 1.165) is 25.7 Å². The predicted octanol–water partition coefficient (Wildman–Crippen LogP) is 6.30. The molecule has 9 nitrogen and oxygen atoms in total. The predicted molar refractivity (Wildman–Crippen MR) is 144 cm³/mol. The van der Waals surface area contributed by atoms with Crippen molar-refractivity contribution in [1.29, 1.82) is 0 Å². The first-order valence-electron chi connectivity index (χ1n) is 13.0. The van der Waals surface area contributed by atoms with Gasteiger partial charge in [-0.1, -0.05) is 108 Å². The van der Waals surface area contributed by atoms with Crippen LogP contribution in [-0.4, -0.2) is 31.9 Å². The zero-order chi connectivity index (χ0) is 27.5. The third-order valence-electron chi connectivity index (χ3n) is 6.34. The highest BCUT2D eigenvalue weighted by Crippen LogP contribution is 2.43. The molecule has 208 valence electrons. The maximum absolute atomic E-state index is 12.5. The van der Waals surface area contributed by atoms with Crippen LogP contribution in [0.4, 0.5) is 5.69 Å². The van der Waals surface area contributed by atoms with Crippen LogP contribution in [0, 0.1) is 0 Å². The van der Waals surface area contributed by atoms with Gasteiger partial charge in [0.15, 0.2) is 10.6 Å². The maximum Gasteiger partial charge on any atom is 0.311 e. The Morgan fingerprint density at radius 2 is 1.16 bits per heavy atom. The molecule has 0 saturated heterocycles. The normalized spacial score (nSPS) is 12.2. The summed E-state index contributed by atoms with van der Waals surface area (Å²) in [6.07, 6.45) is 14.6. The van der Waals surface area contributed by atoms with Crippen molar-refractivity contribution in [3.8, 4) is 5.75 Å². The van der Waals surface area contributed by atoms with Gasteiger partial charge in [0.1, 0.15) is 4.90 Å². The van der Waals surface area contributed by atoms with Gasteiger partial charge in [0, 0.05) is 17.2 Å². The molecule has 0 unspecified atom stereocenters. The van der Waals surface area contributed by atoms with Crippen molar-refractivity contribution >= 4 is 42.7 Å². The minimum Gasteiger partial charge on any atom is -0.423 e. The Labute approximate surface area is 220 Å². The molecule has 0 aliphatic rings. The van der Waals surface area contributed by atoms with E-state index in [2.05, 4.69) is 6.92 Å². The van der Waals surface area contributed by atoms with Gasteiger partial charge >= 0.3 is 5.97 Å². The van der Waals surface area contributed by atoms with Crippen LogP contribution in [0.2, 0.25) is 0 Å². The molecule has 4 N–H and O–H groups in total. The summed E-state index contributed by atoms with van der Waals surface area (Å²) in [7, 11) is -10.4. The van der Waals surface area contributed by atoms with Crippen molar-refractivity contribution < 1.29 is 35.5 Å².